The number of halogens is 2. The number of carbonyl (C=O) groups is 1. The predicted molar refractivity (Wildman–Crippen MR) is 83.7 cm³/mol. The average Bonchev–Trinajstić information content (AvgIpc) is 2.86. The molecule has 4 nitrogen and oxygen atoms in total. The van der Waals surface area contributed by atoms with Crippen molar-refractivity contribution in [2.45, 2.75) is 26.3 Å². The number of rotatable bonds is 5. The van der Waals surface area contributed by atoms with Crippen LogP contribution in [0.1, 0.15) is 35.9 Å². The van der Waals surface area contributed by atoms with Gasteiger partial charge in [-0.25, -0.2) is 0 Å². The zero-order valence-electron chi connectivity index (χ0n) is 12.1. The summed E-state index contributed by atoms with van der Waals surface area (Å²) in [4.78, 5) is 12.6. The molecule has 0 aliphatic heterocycles. The van der Waals surface area contributed by atoms with Gasteiger partial charge >= 0.3 is 0 Å². The third-order valence-corrected chi connectivity index (χ3v) is 3.69. The molecule has 1 aromatic heterocycles. The van der Waals surface area contributed by atoms with Gasteiger partial charge in [0.25, 0.3) is 0 Å². The molecule has 2 rings (SSSR count). The molecule has 0 N–H and O–H groups in total. The largest absolute Gasteiger partial charge is 0.493 e. The number of aromatic nitrogens is 2. The maximum Gasteiger partial charge on any atom is 0.189 e. The summed E-state index contributed by atoms with van der Waals surface area (Å²) < 4.78 is 6.88. The zero-order chi connectivity index (χ0) is 15.6. The fraction of sp³-hybridized carbons (Fsp3) is 0.333. The van der Waals surface area contributed by atoms with Gasteiger partial charge in [0.05, 0.1) is 13.3 Å². The van der Waals surface area contributed by atoms with E-state index in [0.717, 1.165) is 5.56 Å². The van der Waals surface area contributed by atoms with Crippen LogP contribution in [0.3, 0.4) is 0 Å². The highest BCUT2D eigenvalue weighted by Gasteiger charge is 2.21. The van der Waals surface area contributed by atoms with Crippen LogP contribution >= 0.6 is 23.2 Å². The minimum atomic E-state index is -0.0951. The van der Waals surface area contributed by atoms with Crippen molar-refractivity contribution in [3.8, 4) is 5.75 Å². The Morgan fingerprint density at radius 2 is 2.10 bits per heavy atom. The lowest BCUT2D eigenvalue weighted by molar-refractivity contribution is 0.0977. The topological polar surface area (TPSA) is 44.1 Å². The van der Waals surface area contributed by atoms with Crippen LogP contribution in [-0.2, 0) is 6.42 Å². The predicted octanol–water partition coefficient (Wildman–Crippen LogP) is 4.20. The van der Waals surface area contributed by atoms with Gasteiger partial charge in [-0.3, -0.25) is 9.48 Å². The summed E-state index contributed by atoms with van der Waals surface area (Å²) in [6.07, 6.45) is 1.72. The minimum Gasteiger partial charge on any atom is -0.493 e. The molecule has 112 valence electrons. The molecular weight excluding hydrogens is 311 g/mol. The molecule has 0 radical (unpaired) electrons. The van der Waals surface area contributed by atoms with E-state index in [1.54, 1.807) is 29.1 Å². The Morgan fingerprint density at radius 3 is 2.67 bits per heavy atom. The number of carbonyl (C=O) groups excluding carboxylic acids is 1. The second kappa shape index (κ2) is 6.50. The van der Waals surface area contributed by atoms with Crippen LogP contribution in [-0.4, -0.2) is 22.7 Å². The van der Waals surface area contributed by atoms with Crippen molar-refractivity contribution in [3.05, 3.63) is 45.7 Å². The molecular formula is C15H16Cl2N2O2. The second-order valence-electron chi connectivity index (χ2n) is 4.94. The monoisotopic (exact) mass is 326 g/mol. The summed E-state index contributed by atoms with van der Waals surface area (Å²) >= 11 is 12.0. The third-order valence-electron chi connectivity index (χ3n) is 3.10. The number of hydrogen-bond acceptors (Lipinski definition) is 3. The Hall–Kier alpha value is -1.52. The van der Waals surface area contributed by atoms with E-state index in [9.17, 15) is 4.79 Å². The van der Waals surface area contributed by atoms with Gasteiger partial charge in [0.2, 0.25) is 0 Å². The summed E-state index contributed by atoms with van der Waals surface area (Å²) in [6.45, 7) is 3.91. The van der Waals surface area contributed by atoms with Crippen molar-refractivity contribution in [3.63, 3.8) is 0 Å². The Labute approximate surface area is 133 Å². The van der Waals surface area contributed by atoms with Gasteiger partial charge in [-0.1, -0.05) is 29.3 Å². The highest BCUT2D eigenvalue weighted by atomic mass is 35.5. The normalized spacial score (nSPS) is 11.0. The number of nitrogens with zero attached hydrogens (tertiary/aromatic N) is 2. The molecule has 0 fully saturated rings. The van der Waals surface area contributed by atoms with E-state index < -0.39 is 0 Å². The van der Waals surface area contributed by atoms with Crippen molar-refractivity contribution in [1.82, 2.24) is 9.78 Å². The second-order valence-corrected chi connectivity index (χ2v) is 5.78. The van der Waals surface area contributed by atoms with E-state index in [0.29, 0.717) is 21.5 Å². The maximum absolute atomic E-state index is 12.6. The van der Waals surface area contributed by atoms with Crippen LogP contribution < -0.4 is 4.74 Å². The van der Waals surface area contributed by atoms with Crippen molar-refractivity contribution >= 4 is 29.0 Å². The molecule has 21 heavy (non-hydrogen) atoms. The molecule has 0 aliphatic rings. The number of ketones is 1. The van der Waals surface area contributed by atoms with Crippen LogP contribution in [0.15, 0.2) is 24.4 Å². The van der Waals surface area contributed by atoms with Gasteiger partial charge in [-0.05, 0) is 31.5 Å². The molecule has 0 atom stereocenters. The van der Waals surface area contributed by atoms with Crippen LogP contribution in [0, 0.1) is 0 Å². The first-order valence-electron chi connectivity index (χ1n) is 6.52. The molecule has 6 heteroatoms. The molecule has 0 saturated heterocycles. The Kier molecular flexibility index (Phi) is 4.91. The summed E-state index contributed by atoms with van der Waals surface area (Å²) in [5, 5.41) is 5.22. The van der Waals surface area contributed by atoms with Crippen molar-refractivity contribution in [2.75, 3.05) is 7.11 Å². The molecule has 0 bridgehead atoms. The zero-order valence-corrected chi connectivity index (χ0v) is 13.6. The molecule has 0 saturated carbocycles. The van der Waals surface area contributed by atoms with Gasteiger partial charge in [0.15, 0.2) is 11.5 Å². The van der Waals surface area contributed by atoms with Crippen LogP contribution in [0.5, 0.6) is 5.75 Å². The van der Waals surface area contributed by atoms with E-state index in [2.05, 4.69) is 5.10 Å². The smallest absolute Gasteiger partial charge is 0.189 e. The standard InChI is InChI=1S/C15H16Cl2N2O2/c1-9(2)19-15(14(21-3)8-18-19)13(20)6-10-4-5-11(16)7-12(10)17/h4-5,7-9H,6H2,1-3H3. The van der Waals surface area contributed by atoms with E-state index >= 15 is 0 Å². The number of Topliss-reactive ketones (excluding diaryl/α,β-unsaturated/α-hetero) is 1. The first-order chi connectivity index (χ1) is 9.93. The lowest BCUT2D eigenvalue weighted by Crippen LogP contribution is -2.15. The van der Waals surface area contributed by atoms with E-state index in [4.69, 9.17) is 27.9 Å². The number of benzene rings is 1. The SMILES string of the molecule is COc1cnn(C(C)C)c1C(=O)Cc1ccc(Cl)cc1Cl. The van der Waals surface area contributed by atoms with Crippen molar-refractivity contribution in [1.29, 1.82) is 0 Å². The summed E-state index contributed by atoms with van der Waals surface area (Å²) in [5.74, 6) is 0.376. The van der Waals surface area contributed by atoms with Crippen LogP contribution in [0.25, 0.3) is 0 Å². The highest BCUT2D eigenvalue weighted by molar-refractivity contribution is 6.35. The minimum absolute atomic E-state index is 0.0635. The van der Waals surface area contributed by atoms with Gasteiger partial charge in [-0.15, -0.1) is 0 Å². The Morgan fingerprint density at radius 1 is 1.38 bits per heavy atom. The number of ether oxygens (including phenoxy) is 1. The Bertz CT molecular complexity index is 666. The van der Waals surface area contributed by atoms with Crippen LogP contribution in [0.2, 0.25) is 10.0 Å². The molecule has 1 aromatic carbocycles. The summed E-state index contributed by atoms with van der Waals surface area (Å²) in [5.41, 5.74) is 1.18. The van der Waals surface area contributed by atoms with Crippen LogP contribution in [0.4, 0.5) is 0 Å². The lowest BCUT2D eigenvalue weighted by Gasteiger charge is -2.12. The Balaban J connectivity index is 2.34. The summed E-state index contributed by atoms with van der Waals surface area (Å²) in [6, 6.07) is 5.16. The molecule has 1 heterocycles. The quantitative estimate of drug-likeness (QED) is 0.773. The van der Waals surface area contributed by atoms with Crippen molar-refractivity contribution < 1.29 is 9.53 Å². The number of hydrogen-bond donors (Lipinski definition) is 0. The molecule has 0 spiro atoms. The van der Waals surface area contributed by atoms with E-state index in [1.807, 2.05) is 13.8 Å². The molecule has 2 aromatic rings. The van der Waals surface area contributed by atoms with Gasteiger partial charge < -0.3 is 4.74 Å². The first kappa shape index (κ1) is 15.9. The fourth-order valence-electron chi connectivity index (χ4n) is 2.07. The van der Waals surface area contributed by atoms with Gasteiger partial charge in [0.1, 0.15) is 5.69 Å². The average molecular weight is 327 g/mol. The van der Waals surface area contributed by atoms with Gasteiger partial charge in [0, 0.05) is 22.5 Å². The van der Waals surface area contributed by atoms with E-state index in [-0.39, 0.29) is 18.2 Å². The third kappa shape index (κ3) is 3.39. The molecule has 0 aliphatic carbocycles. The fourth-order valence-corrected chi connectivity index (χ4v) is 2.55. The van der Waals surface area contributed by atoms with Crippen molar-refractivity contribution in [2.24, 2.45) is 0 Å². The number of methoxy groups -OCH3 is 1. The first-order valence-corrected chi connectivity index (χ1v) is 7.28. The van der Waals surface area contributed by atoms with E-state index in [1.165, 1.54) is 7.11 Å². The highest BCUT2D eigenvalue weighted by Crippen LogP contribution is 2.26. The molecule has 0 unspecified atom stereocenters. The maximum atomic E-state index is 12.6. The van der Waals surface area contributed by atoms with Gasteiger partial charge in [-0.2, -0.15) is 5.10 Å². The molecule has 0 amide bonds. The summed E-state index contributed by atoms with van der Waals surface area (Å²) in [7, 11) is 1.52. The lowest BCUT2D eigenvalue weighted by atomic mass is 10.1.